The number of benzene rings is 1. The van der Waals surface area contributed by atoms with Crippen LogP contribution in [0.5, 0.6) is 0 Å². The molecule has 10 heteroatoms. The van der Waals surface area contributed by atoms with Crippen LogP contribution >= 0.6 is 11.3 Å². The smallest absolute Gasteiger partial charge is 0.411 e. The van der Waals surface area contributed by atoms with Gasteiger partial charge < -0.3 is 19.9 Å². The van der Waals surface area contributed by atoms with E-state index < -0.39 is 12.2 Å². The van der Waals surface area contributed by atoms with Crippen molar-refractivity contribution < 1.29 is 24.2 Å². The number of rotatable bonds is 7. The first-order valence-corrected chi connectivity index (χ1v) is 13.0. The molecule has 3 N–H and O–H groups in total. The Hall–Kier alpha value is -2.69. The molecule has 2 aliphatic rings. The molecule has 190 valence electrons. The van der Waals surface area contributed by atoms with E-state index in [1.165, 1.54) is 0 Å². The van der Waals surface area contributed by atoms with Gasteiger partial charge in [0.25, 0.3) is 0 Å². The number of thiazole rings is 1. The van der Waals surface area contributed by atoms with Crippen LogP contribution in [-0.4, -0.2) is 65.6 Å². The number of anilines is 1. The van der Waals surface area contributed by atoms with E-state index in [0.717, 1.165) is 79.5 Å². The van der Waals surface area contributed by atoms with Gasteiger partial charge in [0.15, 0.2) is 0 Å². The topological polar surface area (TPSA) is 113 Å². The Morgan fingerprint density at radius 2 is 1.97 bits per heavy atom. The summed E-state index contributed by atoms with van der Waals surface area (Å²) in [5, 5.41) is 15.5. The van der Waals surface area contributed by atoms with Crippen molar-refractivity contribution in [3.63, 3.8) is 0 Å². The molecule has 0 spiro atoms. The lowest BCUT2D eigenvalue weighted by atomic mass is 9.86. The highest BCUT2D eigenvalue weighted by Crippen LogP contribution is 2.39. The minimum Gasteiger partial charge on any atom is -0.465 e. The maximum absolute atomic E-state index is 12.1. The van der Waals surface area contributed by atoms with Crippen molar-refractivity contribution in [3.05, 3.63) is 35.0 Å². The number of carbonyl (C=O) groups is 2. The van der Waals surface area contributed by atoms with Crippen molar-refractivity contribution in [2.24, 2.45) is 0 Å². The standard InChI is InChI=1S/C25H34N4O5S/c1-16(2)34-25(32)28-20-7-8-21(18(13-20)15-29-9-11-33-12-10-29)22-14-26-23(35-22)17-3-5-19(6-4-17)27-24(30)31/h7-8,13-14,16-17,19,27H,3-6,9-12,15H2,1-2H3,(H,28,32)(H,30,31)/t17-,19-. The molecule has 1 saturated carbocycles. The fourth-order valence-electron chi connectivity index (χ4n) is 4.66. The zero-order valence-corrected chi connectivity index (χ0v) is 21.1. The lowest BCUT2D eigenvalue weighted by Gasteiger charge is -2.27. The van der Waals surface area contributed by atoms with E-state index in [0.29, 0.717) is 11.6 Å². The summed E-state index contributed by atoms with van der Waals surface area (Å²) in [4.78, 5) is 31.3. The molecule has 2 aromatic rings. The molecule has 1 aliphatic carbocycles. The lowest BCUT2D eigenvalue weighted by Crippen LogP contribution is -2.36. The van der Waals surface area contributed by atoms with E-state index in [9.17, 15) is 9.59 Å². The summed E-state index contributed by atoms with van der Waals surface area (Å²) >= 11 is 1.71. The summed E-state index contributed by atoms with van der Waals surface area (Å²) in [7, 11) is 0. The largest absolute Gasteiger partial charge is 0.465 e. The number of carbonyl (C=O) groups excluding carboxylic acids is 1. The second kappa shape index (κ2) is 11.8. The van der Waals surface area contributed by atoms with Crippen LogP contribution in [0, 0.1) is 0 Å². The molecule has 2 amide bonds. The zero-order valence-electron chi connectivity index (χ0n) is 20.3. The van der Waals surface area contributed by atoms with Gasteiger partial charge >= 0.3 is 12.2 Å². The first kappa shape index (κ1) is 25.4. The van der Waals surface area contributed by atoms with E-state index in [2.05, 4.69) is 15.5 Å². The number of hydrogen-bond donors (Lipinski definition) is 3. The van der Waals surface area contributed by atoms with Gasteiger partial charge in [-0.1, -0.05) is 6.07 Å². The van der Waals surface area contributed by atoms with Crippen LogP contribution in [0.15, 0.2) is 24.4 Å². The SMILES string of the molecule is CC(C)OC(=O)Nc1ccc(-c2cnc([C@H]3CC[C@H](NC(=O)O)CC3)s2)c(CN2CCOCC2)c1. The van der Waals surface area contributed by atoms with E-state index in [1.54, 1.807) is 11.3 Å². The average Bonchev–Trinajstić information content (AvgIpc) is 3.29. The van der Waals surface area contributed by atoms with Crippen LogP contribution in [0.4, 0.5) is 15.3 Å². The van der Waals surface area contributed by atoms with Crippen LogP contribution in [0.25, 0.3) is 10.4 Å². The Bertz CT molecular complexity index is 1010. The van der Waals surface area contributed by atoms with Gasteiger partial charge in [-0.15, -0.1) is 11.3 Å². The summed E-state index contributed by atoms with van der Waals surface area (Å²) in [6.45, 7) is 7.58. The Balaban J connectivity index is 1.51. The van der Waals surface area contributed by atoms with Gasteiger partial charge in [-0.2, -0.15) is 0 Å². The molecule has 0 radical (unpaired) electrons. The first-order chi connectivity index (χ1) is 16.9. The molecule has 2 heterocycles. The average molecular weight is 503 g/mol. The summed E-state index contributed by atoms with van der Waals surface area (Å²) in [6.07, 6.45) is 3.87. The number of carboxylic acid groups (broad SMARTS) is 1. The maximum atomic E-state index is 12.1. The predicted molar refractivity (Wildman–Crippen MR) is 135 cm³/mol. The van der Waals surface area contributed by atoms with E-state index in [1.807, 2.05) is 38.2 Å². The third kappa shape index (κ3) is 7.16. The number of morpholine rings is 1. The molecule has 0 unspecified atom stereocenters. The molecule has 1 aliphatic heterocycles. The fraction of sp³-hybridized carbons (Fsp3) is 0.560. The lowest BCUT2D eigenvalue weighted by molar-refractivity contribution is 0.0342. The Labute approximate surface area is 209 Å². The molecule has 4 rings (SSSR count). The third-order valence-corrected chi connectivity index (χ3v) is 7.58. The van der Waals surface area contributed by atoms with Gasteiger partial charge in [0, 0.05) is 43.5 Å². The molecule has 1 aromatic carbocycles. The summed E-state index contributed by atoms with van der Waals surface area (Å²) in [6, 6.07) is 6.01. The van der Waals surface area contributed by atoms with Crippen molar-refractivity contribution in [2.75, 3.05) is 31.6 Å². The third-order valence-electron chi connectivity index (χ3n) is 6.39. The number of aromatic nitrogens is 1. The molecule has 35 heavy (non-hydrogen) atoms. The van der Waals surface area contributed by atoms with Gasteiger partial charge in [-0.05, 0) is 62.8 Å². The quantitative estimate of drug-likeness (QED) is 0.494. The van der Waals surface area contributed by atoms with Crippen LogP contribution in [0.1, 0.15) is 56.0 Å². The van der Waals surface area contributed by atoms with Gasteiger partial charge in [0.2, 0.25) is 0 Å². The van der Waals surface area contributed by atoms with Crippen LogP contribution in [0.3, 0.4) is 0 Å². The van der Waals surface area contributed by atoms with Crippen LogP contribution in [-0.2, 0) is 16.0 Å². The highest BCUT2D eigenvalue weighted by molar-refractivity contribution is 7.15. The molecule has 1 aromatic heterocycles. The Morgan fingerprint density at radius 1 is 1.23 bits per heavy atom. The molecule has 9 nitrogen and oxygen atoms in total. The van der Waals surface area contributed by atoms with E-state index >= 15 is 0 Å². The minimum atomic E-state index is -0.951. The fourth-order valence-corrected chi connectivity index (χ4v) is 5.81. The van der Waals surface area contributed by atoms with Gasteiger partial charge in [0.05, 0.1) is 29.2 Å². The zero-order chi connectivity index (χ0) is 24.8. The second-order valence-corrected chi connectivity index (χ2v) is 10.5. The highest BCUT2D eigenvalue weighted by Gasteiger charge is 2.26. The molecule has 1 saturated heterocycles. The van der Waals surface area contributed by atoms with Crippen molar-refractivity contribution >= 4 is 29.2 Å². The predicted octanol–water partition coefficient (Wildman–Crippen LogP) is 4.89. The normalized spacial score (nSPS) is 21.0. The van der Waals surface area contributed by atoms with E-state index in [-0.39, 0.29) is 12.1 Å². The molecular formula is C25H34N4O5S. The Morgan fingerprint density at radius 3 is 2.66 bits per heavy atom. The number of nitrogens with one attached hydrogen (secondary N) is 2. The van der Waals surface area contributed by atoms with Gasteiger partial charge in [-0.3, -0.25) is 10.2 Å². The summed E-state index contributed by atoms with van der Waals surface area (Å²) in [5.41, 5.74) is 2.94. The van der Waals surface area contributed by atoms with Crippen molar-refractivity contribution in [3.8, 4) is 10.4 Å². The number of nitrogens with zero attached hydrogens (tertiary/aromatic N) is 2. The summed E-state index contributed by atoms with van der Waals surface area (Å²) < 4.78 is 10.7. The first-order valence-electron chi connectivity index (χ1n) is 12.2. The highest BCUT2D eigenvalue weighted by atomic mass is 32.1. The van der Waals surface area contributed by atoms with Crippen LogP contribution < -0.4 is 10.6 Å². The van der Waals surface area contributed by atoms with Crippen molar-refractivity contribution in [1.82, 2.24) is 15.2 Å². The van der Waals surface area contributed by atoms with Crippen molar-refractivity contribution in [2.45, 2.75) is 64.1 Å². The van der Waals surface area contributed by atoms with Gasteiger partial charge in [0.1, 0.15) is 0 Å². The number of amides is 2. The van der Waals surface area contributed by atoms with Crippen LogP contribution in [0.2, 0.25) is 0 Å². The summed E-state index contributed by atoms with van der Waals surface area (Å²) in [5.74, 6) is 0.357. The van der Waals surface area contributed by atoms with Crippen molar-refractivity contribution in [1.29, 1.82) is 0 Å². The van der Waals surface area contributed by atoms with E-state index in [4.69, 9.17) is 19.6 Å². The minimum absolute atomic E-state index is 0.0331. The molecular weight excluding hydrogens is 468 g/mol. The maximum Gasteiger partial charge on any atom is 0.411 e. The number of ether oxygens (including phenoxy) is 2. The second-order valence-electron chi connectivity index (χ2n) is 9.40. The molecule has 0 bridgehead atoms. The molecule has 0 atom stereocenters. The monoisotopic (exact) mass is 502 g/mol. The van der Waals surface area contributed by atoms with Gasteiger partial charge in [-0.25, -0.2) is 14.6 Å². The molecule has 2 fully saturated rings. The number of hydrogen-bond acceptors (Lipinski definition) is 7. The Kier molecular flexibility index (Phi) is 8.59.